The van der Waals surface area contributed by atoms with E-state index in [0.29, 0.717) is 0 Å². The summed E-state index contributed by atoms with van der Waals surface area (Å²) in [5, 5.41) is 27.7. The number of hydrogen-bond acceptors (Lipinski definition) is 5. The van der Waals surface area contributed by atoms with E-state index in [4.69, 9.17) is 16.6 Å². The molecule has 2 unspecified atom stereocenters. The maximum Gasteiger partial charge on any atom is 0.337 e. The molecule has 0 saturated carbocycles. The smallest absolute Gasteiger partial charge is 0.337 e. The van der Waals surface area contributed by atoms with Crippen LogP contribution < -0.4 is 11.5 Å². The highest BCUT2D eigenvalue weighted by Crippen LogP contribution is 2.27. The number of aromatic carboxylic acids is 1. The first-order chi connectivity index (χ1) is 7.88. The molecule has 7 N–H and O–H groups in total. The molecule has 7 heteroatoms. The summed E-state index contributed by atoms with van der Waals surface area (Å²) >= 11 is 0. The van der Waals surface area contributed by atoms with E-state index in [9.17, 15) is 19.4 Å². The lowest BCUT2D eigenvalue weighted by Crippen LogP contribution is -2.28. The zero-order chi connectivity index (χ0) is 13.2. The lowest BCUT2D eigenvalue weighted by molar-refractivity contribution is 0.0245. The molecule has 0 saturated heterocycles. The lowest BCUT2D eigenvalue weighted by atomic mass is 9.99. The Labute approximate surface area is 96.3 Å². The third-order valence-electron chi connectivity index (χ3n) is 2.33. The topological polar surface area (TPSA) is 130 Å². The Morgan fingerprint density at radius 3 is 2.47 bits per heavy atom. The fraction of sp³-hybridized carbons (Fsp3) is 0.300. The summed E-state index contributed by atoms with van der Waals surface area (Å²) in [6.45, 7) is -0.264. The Morgan fingerprint density at radius 2 is 2.00 bits per heavy atom. The molecule has 17 heavy (non-hydrogen) atoms. The highest BCUT2D eigenvalue weighted by molar-refractivity contribution is 5.94. The molecule has 0 heterocycles. The molecule has 1 aromatic rings. The summed E-state index contributed by atoms with van der Waals surface area (Å²) in [6.07, 6.45) is -2.88. The number of nitrogen functional groups attached to an aromatic ring is 1. The van der Waals surface area contributed by atoms with Gasteiger partial charge in [-0.25, -0.2) is 9.18 Å². The molecular formula is C10H13FN2O4. The van der Waals surface area contributed by atoms with Gasteiger partial charge in [0.15, 0.2) is 0 Å². The minimum Gasteiger partial charge on any atom is -0.478 e. The number of hydrogen-bond donors (Lipinski definition) is 5. The number of halogens is 1. The third kappa shape index (κ3) is 2.70. The average molecular weight is 244 g/mol. The van der Waals surface area contributed by atoms with Gasteiger partial charge in [0.25, 0.3) is 0 Å². The van der Waals surface area contributed by atoms with Gasteiger partial charge in [-0.3, -0.25) is 0 Å². The molecular weight excluding hydrogens is 231 g/mol. The molecule has 2 atom stereocenters. The van der Waals surface area contributed by atoms with E-state index < -0.39 is 29.6 Å². The number of anilines is 1. The molecule has 0 bridgehead atoms. The second-order valence-corrected chi connectivity index (χ2v) is 3.51. The van der Waals surface area contributed by atoms with Crippen molar-refractivity contribution in [2.24, 2.45) is 5.73 Å². The van der Waals surface area contributed by atoms with E-state index in [2.05, 4.69) is 0 Å². The molecule has 1 rings (SSSR count). The predicted molar refractivity (Wildman–Crippen MR) is 57.8 cm³/mol. The second-order valence-electron chi connectivity index (χ2n) is 3.51. The van der Waals surface area contributed by atoms with Crippen molar-refractivity contribution in [1.29, 1.82) is 0 Å². The molecule has 0 aliphatic rings. The molecule has 0 fully saturated rings. The summed E-state index contributed by atoms with van der Waals surface area (Å²) in [6, 6.07) is 1.61. The first-order valence-electron chi connectivity index (χ1n) is 4.76. The fourth-order valence-electron chi connectivity index (χ4n) is 1.40. The second kappa shape index (κ2) is 5.09. The number of rotatable bonds is 4. The summed E-state index contributed by atoms with van der Waals surface area (Å²) in [4.78, 5) is 10.8. The molecule has 0 amide bonds. The maximum absolute atomic E-state index is 13.2. The van der Waals surface area contributed by atoms with Crippen molar-refractivity contribution in [3.05, 3.63) is 29.1 Å². The van der Waals surface area contributed by atoms with Crippen LogP contribution in [0.4, 0.5) is 10.1 Å². The van der Waals surface area contributed by atoms with E-state index in [1.54, 1.807) is 0 Å². The average Bonchev–Trinajstić information content (AvgIpc) is 2.29. The molecule has 0 aliphatic heterocycles. The van der Waals surface area contributed by atoms with Crippen molar-refractivity contribution >= 4 is 11.7 Å². The minimum atomic E-state index is -1.53. The van der Waals surface area contributed by atoms with Crippen molar-refractivity contribution < 1.29 is 24.5 Å². The van der Waals surface area contributed by atoms with Crippen molar-refractivity contribution in [2.75, 3.05) is 12.3 Å². The maximum atomic E-state index is 13.2. The zero-order valence-corrected chi connectivity index (χ0v) is 8.80. The van der Waals surface area contributed by atoms with Crippen LogP contribution in [0.1, 0.15) is 22.0 Å². The Balaban J connectivity index is 3.29. The number of aliphatic hydroxyl groups excluding tert-OH is 2. The van der Waals surface area contributed by atoms with Gasteiger partial charge in [0.05, 0.1) is 17.4 Å². The van der Waals surface area contributed by atoms with Crippen LogP contribution in [0.3, 0.4) is 0 Å². The molecule has 0 aromatic heterocycles. The summed E-state index contributed by atoms with van der Waals surface area (Å²) in [7, 11) is 0. The van der Waals surface area contributed by atoms with Crippen LogP contribution in [0.25, 0.3) is 0 Å². The first kappa shape index (κ1) is 13.4. The van der Waals surface area contributed by atoms with Crippen molar-refractivity contribution in [3.63, 3.8) is 0 Å². The van der Waals surface area contributed by atoms with Gasteiger partial charge in [-0.15, -0.1) is 0 Å². The first-order valence-corrected chi connectivity index (χ1v) is 4.76. The summed E-state index contributed by atoms with van der Waals surface area (Å²) in [5.41, 5.74) is 9.67. The predicted octanol–water partition coefficient (Wildman–Crippen LogP) is -0.541. The normalized spacial score (nSPS) is 14.4. The molecule has 94 valence electrons. The Hall–Kier alpha value is -1.70. The number of carboxylic acids is 1. The van der Waals surface area contributed by atoms with E-state index in [1.165, 1.54) is 0 Å². The van der Waals surface area contributed by atoms with Crippen LogP contribution in [0, 0.1) is 5.82 Å². The number of carboxylic acid groups (broad SMARTS) is 1. The van der Waals surface area contributed by atoms with Crippen LogP contribution >= 0.6 is 0 Å². The quantitative estimate of drug-likeness (QED) is 0.452. The molecule has 6 nitrogen and oxygen atoms in total. The van der Waals surface area contributed by atoms with Gasteiger partial charge in [-0.05, 0) is 12.1 Å². The molecule has 0 spiro atoms. The van der Waals surface area contributed by atoms with E-state index in [0.717, 1.165) is 12.1 Å². The largest absolute Gasteiger partial charge is 0.478 e. The highest BCUT2D eigenvalue weighted by Gasteiger charge is 2.23. The number of carbonyl (C=O) groups is 1. The fourth-order valence-corrected chi connectivity index (χ4v) is 1.40. The van der Waals surface area contributed by atoms with Crippen LogP contribution in [-0.2, 0) is 0 Å². The van der Waals surface area contributed by atoms with Gasteiger partial charge in [-0.1, -0.05) is 0 Å². The minimum absolute atomic E-state index is 0.194. The molecule has 0 aliphatic carbocycles. The summed E-state index contributed by atoms with van der Waals surface area (Å²) in [5.74, 6) is -2.28. The highest BCUT2D eigenvalue weighted by atomic mass is 19.1. The zero-order valence-electron chi connectivity index (χ0n) is 8.80. The standard InChI is InChI=1S/C10H13FN2O4/c11-4-1-5(9(15)7(14)3-12)8(13)6(2-4)10(16)17/h1-2,7,9,14-15H,3,12-13H2,(H,16,17). The number of benzene rings is 1. The number of nitrogens with two attached hydrogens (primary N) is 2. The van der Waals surface area contributed by atoms with Gasteiger partial charge in [0, 0.05) is 12.1 Å². The van der Waals surface area contributed by atoms with E-state index in [-0.39, 0.29) is 17.8 Å². The third-order valence-corrected chi connectivity index (χ3v) is 2.33. The van der Waals surface area contributed by atoms with Crippen molar-refractivity contribution in [1.82, 2.24) is 0 Å². The lowest BCUT2D eigenvalue weighted by Gasteiger charge is -2.19. The Bertz CT molecular complexity index is 439. The van der Waals surface area contributed by atoms with Crippen LogP contribution in [0.5, 0.6) is 0 Å². The van der Waals surface area contributed by atoms with Crippen LogP contribution in [-0.4, -0.2) is 33.9 Å². The SMILES string of the molecule is NCC(O)C(O)c1cc(F)cc(C(=O)O)c1N. The molecule has 0 radical (unpaired) electrons. The van der Waals surface area contributed by atoms with E-state index >= 15 is 0 Å². The van der Waals surface area contributed by atoms with Crippen LogP contribution in [0.2, 0.25) is 0 Å². The van der Waals surface area contributed by atoms with Gasteiger partial charge in [0.2, 0.25) is 0 Å². The van der Waals surface area contributed by atoms with Gasteiger partial charge >= 0.3 is 5.97 Å². The Kier molecular flexibility index (Phi) is 4.00. The summed E-state index contributed by atoms with van der Waals surface area (Å²) < 4.78 is 13.2. The molecule has 1 aromatic carbocycles. The van der Waals surface area contributed by atoms with Gasteiger partial charge in [-0.2, -0.15) is 0 Å². The Morgan fingerprint density at radius 1 is 1.41 bits per heavy atom. The van der Waals surface area contributed by atoms with Crippen molar-refractivity contribution in [3.8, 4) is 0 Å². The number of aliphatic hydroxyl groups is 2. The van der Waals surface area contributed by atoms with Crippen molar-refractivity contribution in [2.45, 2.75) is 12.2 Å². The van der Waals surface area contributed by atoms with Gasteiger partial charge in [0.1, 0.15) is 11.9 Å². The monoisotopic (exact) mass is 244 g/mol. The van der Waals surface area contributed by atoms with Gasteiger partial charge < -0.3 is 26.8 Å². The van der Waals surface area contributed by atoms with E-state index in [1.807, 2.05) is 0 Å². The van der Waals surface area contributed by atoms with Crippen LogP contribution in [0.15, 0.2) is 12.1 Å².